The van der Waals surface area contributed by atoms with Crippen LogP contribution in [-0.4, -0.2) is 11.6 Å². The average molecular weight is 240 g/mol. The lowest BCUT2D eigenvalue weighted by molar-refractivity contribution is -0.155. The predicted octanol–water partition coefficient (Wildman–Crippen LogP) is 4.49. The summed E-state index contributed by atoms with van der Waals surface area (Å²) >= 11 is 0. The number of unbranched alkanes of at least 4 members (excludes halogenated alkanes) is 1. The highest BCUT2D eigenvalue weighted by molar-refractivity contribution is 5.81. The minimum atomic E-state index is -0.294. The van der Waals surface area contributed by atoms with Gasteiger partial charge in [-0.1, -0.05) is 47.1 Å². The van der Waals surface area contributed by atoms with Gasteiger partial charge in [0.2, 0.25) is 0 Å². The molecule has 2 nitrogen and oxygen atoms in total. The summed E-state index contributed by atoms with van der Waals surface area (Å²) in [5.41, 5.74) is -0.276. The van der Waals surface area contributed by atoms with E-state index in [0.29, 0.717) is 0 Å². The molecule has 0 N–H and O–H groups in total. The van der Waals surface area contributed by atoms with Gasteiger partial charge in [0, 0.05) is 6.08 Å². The van der Waals surface area contributed by atoms with Crippen molar-refractivity contribution in [3.63, 3.8) is 0 Å². The summed E-state index contributed by atoms with van der Waals surface area (Å²) in [4.78, 5) is 11.3. The second-order valence-electron chi connectivity index (χ2n) is 5.15. The normalized spacial score (nSPS) is 11.6. The van der Waals surface area contributed by atoms with E-state index in [4.69, 9.17) is 4.74 Å². The molecule has 0 aliphatic rings. The molecule has 0 fully saturated rings. The van der Waals surface area contributed by atoms with Crippen molar-refractivity contribution < 1.29 is 9.53 Å². The molecule has 0 unspecified atom stereocenters. The molecule has 0 aliphatic heterocycles. The Hall–Kier alpha value is -0.790. The quantitative estimate of drug-likeness (QED) is 0.337. The maximum atomic E-state index is 11.3. The molecule has 0 aliphatic carbocycles. The number of rotatable bonds is 9. The molecule has 0 rings (SSSR count). The third-order valence-corrected chi connectivity index (χ3v) is 3.44. The van der Waals surface area contributed by atoms with Crippen molar-refractivity contribution in [3.05, 3.63) is 12.7 Å². The van der Waals surface area contributed by atoms with Crippen LogP contribution in [0.4, 0.5) is 0 Å². The van der Waals surface area contributed by atoms with Crippen LogP contribution in [0.1, 0.15) is 66.2 Å². The van der Waals surface area contributed by atoms with E-state index in [1.807, 2.05) is 0 Å². The number of carbonyl (C=O) groups excluding carboxylic acids is 1. The molecule has 100 valence electrons. The lowest BCUT2D eigenvalue weighted by atomic mass is 9.89. The highest BCUT2D eigenvalue weighted by atomic mass is 16.6. The Morgan fingerprint density at radius 3 is 2.29 bits per heavy atom. The van der Waals surface area contributed by atoms with Crippen LogP contribution in [-0.2, 0) is 9.53 Å². The maximum absolute atomic E-state index is 11.3. The molecule has 17 heavy (non-hydrogen) atoms. The zero-order chi connectivity index (χ0) is 13.3. The van der Waals surface area contributed by atoms with Gasteiger partial charge in [-0.2, -0.15) is 0 Å². The Morgan fingerprint density at radius 2 is 1.88 bits per heavy atom. The van der Waals surface area contributed by atoms with Gasteiger partial charge in [-0.05, 0) is 31.6 Å². The van der Waals surface area contributed by atoms with Crippen LogP contribution in [0.2, 0.25) is 0 Å². The van der Waals surface area contributed by atoms with Crippen LogP contribution >= 0.6 is 0 Å². The maximum Gasteiger partial charge on any atom is 0.330 e. The Kier molecular flexibility index (Phi) is 7.94. The first kappa shape index (κ1) is 16.2. The molecule has 0 aromatic carbocycles. The van der Waals surface area contributed by atoms with E-state index in [2.05, 4.69) is 34.3 Å². The average Bonchev–Trinajstić information content (AvgIpc) is 2.32. The number of hydrogen-bond donors (Lipinski definition) is 0. The lowest BCUT2D eigenvalue weighted by Crippen LogP contribution is -2.33. The van der Waals surface area contributed by atoms with Crippen molar-refractivity contribution in [1.82, 2.24) is 0 Å². The van der Waals surface area contributed by atoms with Gasteiger partial charge in [0.15, 0.2) is 0 Å². The number of esters is 1. The van der Waals surface area contributed by atoms with Crippen molar-refractivity contribution in [2.45, 2.75) is 71.8 Å². The predicted molar refractivity (Wildman–Crippen MR) is 72.9 cm³/mol. The Morgan fingerprint density at radius 1 is 1.29 bits per heavy atom. The fourth-order valence-electron chi connectivity index (χ4n) is 2.05. The van der Waals surface area contributed by atoms with E-state index >= 15 is 0 Å². The third kappa shape index (κ3) is 6.50. The molecular weight excluding hydrogens is 212 g/mol. The molecule has 0 heterocycles. The summed E-state index contributed by atoms with van der Waals surface area (Å²) in [5, 5.41) is 0. The lowest BCUT2D eigenvalue weighted by Gasteiger charge is -2.31. The van der Waals surface area contributed by atoms with Crippen LogP contribution < -0.4 is 0 Å². The monoisotopic (exact) mass is 240 g/mol. The highest BCUT2D eigenvalue weighted by Gasteiger charge is 2.29. The summed E-state index contributed by atoms with van der Waals surface area (Å²) < 4.78 is 5.54. The number of carbonyl (C=O) groups is 1. The smallest absolute Gasteiger partial charge is 0.330 e. The minimum absolute atomic E-state index is 0.276. The van der Waals surface area contributed by atoms with Gasteiger partial charge in [-0.25, -0.2) is 4.79 Å². The van der Waals surface area contributed by atoms with Crippen molar-refractivity contribution in [2.24, 2.45) is 5.92 Å². The summed E-state index contributed by atoms with van der Waals surface area (Å²) in [6, 6.07) is 0. The zero-order valence-electron chi connectivity index (χ0n) is 11.9. The van der Waals surface area contributed by atoms with E-state index in [-0.39, 0.29) is 11.6 Å². The highest BCUT2D eigenvalue weighted by Crippen LogP contribution is 2.28. The van der Waals surface area contributed by atoms with Crippen LogP contribution in [0.5, 0.6) is 0 Å². The van der Waals surface area contributed by atoms with Crippen molar-refractivity contribution in [2.75, 3.05) is 0 Å². The van der Waals surface area contributed by atoms with E-state index < -0.39 is 0 Å². The van der Waals surface area contributed by atoms with Crippen molar-refractivity contribution >= 4 is 5.97 Å². The standard InChI is InChI=1S/C15H28O2/c1-6-14(16)17-15(7-2,8-3)12-10-9-11-13(4)5/h6,13H,1,7-12H2,2-5H3. The summed E-state index contributed by atoms with van der Waals surface area (Å²) in [5.74, 6) is 0.459. The number of ether oxygens (including phenoxy) is 1. The van der Waals surface area contributed by atoms with Crippen molar-refractivity contribution in [3.8, 4) is 0 Å². The molecule has 2 heteroatoms. The summed E-state index contributed by atoms with van der Waals surface area (Å²) in [7, 11) is 0. The second-order valence-corrected chi connectivity index (χ2v) is 5.15. The molecule has 0 radical (unpaired) electrons. The molecule has 0 aromatic rings. The van der Waals surface area contributed by atoms with Crippen molar-refractivity contribution in [1.29, 1.82) is 0 Å². The van der Waals surface area contributed by atoms with E-state index in [9.17, 15) is 4.79 Å². The van der Waals surface area contributed by atoms with Gasteiger partial charge < -0.3 is 4.74 Å². The first-order valence-electron chi connectivity index (χ1n) is 6.85. The topological polar surface area (TPSA) is 26.3 Å². The Bertz CT molecular complexity index is 227. The minimum Gasteiger partial charge on any atom is -0.456 e. The SMILES string of the molecule is C=CC(=O)OC(CC)(CC)CCCCC(C)C. The van der Waals surface area contributed by atoms with E-state index in [1.54, 1.807) is 0 Å². The van der Waals surface area contributed by atoms with E-state index in [1.165, 1.54) is 18.9 Å². The van der Waals surface area contributed by atoms with Gasteiger partial charge in [0.05, 0.1) is 0 Å². The number of hydrogen-bond acceptors (Lipinski definition) is 2. The molecular formula is C15H28O2. The van der Waals surface area contributed by atoms with Crippen LogP contribution in [0.25, 0.3) is 0 Å². The Labute approximate surface area is 106 Å². The molecule has 0 spiro atoms. The first-order chi connectivity index (χ1) is 7.99. The fourth-order valence-corrected chi connectivity index (χ4v) is 2.05. The molecule has 0 amide bonds. The molecule has 0 saturated carbocycles. The molecule has 0 saturated heterocycles. The molecule has 0 bridgehead atoms. The molecule has 0 aromatic heterocycles. The summed E-state index contributed by atoms with van der Waals surface area (Å²) in [6.45, 7) is 12.1. The van der Waals surface area contributed by atoms with E-state index in [0.717, 1.165) is 31.6 Å². The fraction of sp³-hybridized carbons (Fsp3) is 0.800. The van der Waals surface area contributed by atoms with Crippen LogP contribution in [0.3, 0.4) is 0 Å². The third-order valence-electron chi connectivity index (χ3n) is 3.44. The van der Waals surface area contributed by atoms with Gasteiger partial charge >= 0.3 is 5.97 Å². The van der Waals surface area contributed by atoms with Gasteiger partial charge in [-0.15, -0.1) is 0 Å². The van der Waals surface area contributed by atoms with Crippen LogP contribution in [0.15, 0.2) is 12.7 Å². The summed E-state index contributed by atoms with van der Waals surface area (Å²) in [6.07, 6.45) is 7.57. The van der Waals surface area contributed by atoms with Crippen LogP contribution in [0, 0.1) is 5.92 Å². The van der Waals surface area contributed by atoms with Gasteiger partial charge in [-0.3, -0.25) is 0 Å². The Balaban J connectivity index is 4.20. The first-order valence-corrected chi connectivity index (χ1v) is 6.85. The largest absolute Gasteiger partial charge is 0.456 e. The van der Waals surface area contributed by atoms with Gasteiger partial charge in [0.1, 0.15) is 5.60 Å². The second kappa shape index (κ2) is 8.32. The molecule has 0 atom stereocenters. The van der Waals surface area contributed by atoms with Gasteiger partial charge in [0.25, 0.3) is 0 Å². The zero-order valence-corrected chi connectivity index (χ0v) is 11.9.